The van der Waals surface area contributed by atoms with E-state index in [9.17, 15) is 9.59 Å². The predicted molar refractivity (Wildman–Crippen MR) is 126 cm³/mol. The molecule has 2 aromatic rings. The summed E-state index contributed by atoms with van der Waals surface area (Å²) in [5, 5.41) is 3.87. The van der Waals surface area contributed by atoms with Gasteiger partial charge < -0.3 is 10.2 Å². The lowest BCUT2D eigenvalue weighted by Crippen LogP contribution is -2.51. The average Bonchev–Trinajstić information content (AvgIpc) is 3.27. The predicted octanol–water partition coefficient (Wildman–Crippen LogP) is 5.45. The zero-order valence-corrected chi connectivity index (χ0v) is 19.3. The second kappa shape index (κ2) is 11.3. The molecule has 1 aliphatic carbocycles. The van der Waals surface area contributed by atoms with E-state index in [4.69, 9.17) is 11.6 Å². The summed E-state index contributed by atoms with van der Waals surface area (Å²) in [6, 6.07) is 15.4. The van der Waals surface area contributed by atoms with Gasteiger partial charge in [-0.2, -0.15) is 0 Å². The van der Waals surface area contributed by atoms with Crippen molar-refractivity contribution in [3.63, 3.8) is 0 Å². The number of nitrogens with zero attached hydrogens (tertiary/aromatic N) is 1. The molecular formula is C26H33ClN2O2. The second-order valence-electron chi connectivity index (χ2n) is 8.45. The Morgan fingerprint density at radius 2 is 1.71 bits per heavy atom. The fourth-order valence-electron chi connectivity index (χ4n) is 4.34. The molecule has 1 aliphatic rings. The van der Waals surface area contributed by atoms with E-state index in [0.29, 0.717) is 30.8 Å². The Balaban J connectivity index is 1.78. The summed E-state index contributed by atoms with van der Waals surface area (Å²) in [5.41, 5.74) is 3.15. The molecule has 1 fully saturated rings. The van der Waals surface area contributed by atoms with Gasteiger partial charge in [-0.3, -0.25) is 9.59 Å². The fraction of sp³-hybridized carbons (Fsp3) is 0.462. The quantitative estimate of drug-likeness (QED) is 0.563. The minimum atomic E-state index is -0.473. The molecule has 0 spiro atoms. The molecular weight excluding hydrogens is 408 g/mol. The van der Waals surface area contributed by atoms with Gasteiger partial charge in [0.2, 0.25) is 11.8 Å². The van der Waals surface area contributed by atoms with E-state index in [2.05, 4.69) is 5.32 Å². The molecule has 0 aromatic heterocycles. The minimum absolute atomic E-state index is 0.0170. The molecule has 0 aliphatic heterocycles. The van der Waals surface area contributed by atoms with Gasteiger partial charge in [-0.05, 0) is 55.4 Å². The van der Waals surface area contributed by atoms with E-state index in [0.717, 1.165) is 42.4 Å². The lowest BCUT2D eigenvalue weighted by atomic mass is 10.0. The first-order chi connectivity index (χ1) is 15.0. The Hall–Kier alpha value is -2.33. The number of benzene rings is 2. The monoisotopic (exact) mass is 440 g/mol. The molecule has 0 bridgehead atoms. The Morgan fingerprint density at radius 1 is 1.06 bits per heavy atom. The molecule has 31 heavy (non-hydrogen) atoms. The van der Waals surface area contributed by atoms with Gasteiger partial charge in [-0.1, -0.05) is 73.8 Å². The molecule has 0 saturated heterocycles. The van der Waals surface area contributed by atoms with Crippen molar-refractivity contribution < 1.29 is 9.59 Å². The van der Waals surface area contributed by atoms with Crippen LogP contribution in [0.15, 0.2) is 48.5 Å². The lowest BCUT2D eigenvalue weighted by molar-refractivity contribution is -0.141. The third kappa shape index (κ3) is 6.33. The van der Waals surface area contributed by atoms with Gasteiger partial charge >= 0.3 is 0 Å². The van der Waals surface area contributed by atoms with Gasteiger partial charge in [0.15, 0.2) is 0 Å². The van der Waals surface area contributed by atoms with Crippen molar-refractivity contribution in [1.29, 1.82) is 0 Å². The topological polar surface area (TPSA) is 49.4 Å². The van der Waals surface area contributed by atoms with Gasteiger partial charge in [0.05, 0.1) is 0 Å². The summed E-state index contributed by atoms with van der Waals surface area (Å²) in [5.74, 6) is -0.0503. The number of hydrogen-bond acceptors (Lipinski definition) is 2. The Kier molecular flexibility index (Phi) is 8.53. The first-order valence-electron chi connectivity index (χ1n) is 11.4. The van der Waals surface area contributed by atoms with Crippen LogP contribution in [0.3, 0.4) is 0 Å². The van der Waals surface area contributed by atoms with Crippen LogP contribution in [0.1, 0.15) is 62.1 Å². The number of amides is 2. The Morgan fingerprint density at radius 3 is 2.35 bits per heavy atom. The maximum atomic E-state index is 13.4. The summed E-state index contributed by atoms with van der Waals surface area (Å²) in [4.78, 5) is 28.3. The molecule has 1 N–H and O–H groups in total. The molecule has 0 unspecified atom stereocenters. The van der Waals surface area contributed by atoms with E-state index >= 15 is 0 Å². The molecule has 4 nitrogen and oxygen atoms in total. The van der Waals surface area contributed by atoms with Gasteiger partial charge in [0.1, 0.15) is 6.04 Å². The third-order valence-corrected chi connectivity index (χ3v) is 6.62. The van der Waals surface area contributed by atoms with Crippen LogP contribution in [-0.2, 0) is 22.6 Å². The average molecular weight is 441 g/mol. The summed E-state index contributed by atoms with van der Waals surface area (Å²) < 4.78 is 0. The number of nitrogens with one attached hydrogen (secondary N) is 1. The van der Waals surface area contributed by atoms with Gasteiger partial charge in [0.25, 0.3) is 0 Å². The maximum Gasteiger partial charge on any atom is 0.243 e. The SMILES string of the molecule is CC[C@H](C(=O)NC1CCCC1)N(Cc1ccccc1C)C(=O)CCc1ccccc1Cl. The standard InChI is InChI=1S/C26H33ClN2O2/c1-3-24(26(31)28-22-13-7-8-14-22)29(18-21-12-5-4-10-19(21)2)25(30)17-16-20-11-6-9-15-23(20)27/h4-6,9-12,15,22,24H,3,7-8,13-14,16-18H2,1-2H3,(H,28,31)/t24-/m1/s1. The zero-order chi connectivity index (χ0) is 22.2. The largest absolute Gasteiger partial charge is 0.352 e. The lowest BCUT2D eigenvalue weighted by Gasteiger charge is -2.32. The number of aryl methyl sites for hydroxylation is 2. The van der Waals surface area contributed by atoms with E-state index in [1.807, 2.05) is 62.4 Å². The van der Waals surface area contributed by atoms with Crippen LogP contribution in [0.25, 0.3) is 0 Å². The van der Waals surface area contributed by atoms with Crippen molar-refractivity contribution in [2.45, 2.75) is 77.4 Å². The van der Waals surface area contributed by atoms with Crippen LogP contribution < -0.4 is 5.32 Å². The number of rotatable bonds is 9. The molecule has 3 rings (SSSR count). The van der Waals surface area contributed by atoms with Crippen molar-refractivity contribution in [1.82, 2.24) is 10.2 Å². The van der Waals surface area contributed by atoms with Crippen LogP contribution in [-0.4, -0.2) is 28.8 Å². The van der Waals surface area contributed by atoms with Crippen LogP contribution in [0.4, 0.5) is 0 Å². The summed E-state index contributed by atoms with van der Waals surface area (Å²) in [6.07, 6.45) is 5.84. The van der Waals surface area contributed by atoms with E-state index in [-0.39, 0.29) is 17.9 Å². The smallest absolute Gasteiger partial charge is 0.243 e. The molecule has 0 heterocycles. The van der Waals surface area contributed by atoms with Crippen LogP contribution in [0.2, 0.25) is 5.02 Å². The highest BCUT2D eigenvalue weighted by Gasteiger charge is 2.30. The third-order valence-electron chi connectivity index (χ3n) is 6.26. The van der Waals surface area contributed by atoms with E-state index in [1.54, 1.807) is 4.90 Å². The zero-order valence-electron chi connectivity index (χ0n) is 18.6. The van der Waals surface area contributed by atoms with Crippen LogP contribution >= 0.6 is 11.6 Å². The summed E-state index contributed by atoms with van der Waals surface area (Å²) >= 11 is 6.28. The minimum Gasteiger partial charge on any atom is -0.352 e. The van der Waals surface area contributed by atoms with Gasteiger partial charge in [-0.15, -0.1) is 0 Å². The van der Waals surface area contributed by atoms with Crippen molar-refractivity contribution in [2.24, 2.45) is 0 Å². The summed E-state index contributed by atoms with van der Waals surface area (Å²) in [6.45, 7) is 4.46. The summed E-state index contributed by atoms with van der Waals surface area (Å²) in [7, 11) is 0. The molecule has 2 aromatic carbocycles. The van der Waals surface area contributed by atoms with Crippen molar-refractivity contribution in [3.05, 3.63) is 70.2 Å². The first-order valence-corrected chi connectivity index (χ1v) is 11.7. The Labute approximate surface area is 191 Å². The number of carbonyl (C=O) groups is 2. The maximum absolute atomic E-state index is 13.4. The molecule has 1 atom stereocenters. The highest BCUT2D eigenvalue weighted by atomic mass is 35.5. The normalized spacial score (nSPS) is 14.9. The second-order valence-corrected chi connectivity index (χ2v) is 8.86. The first kappa shape index (κ1) is 23.3. The van der Waals surface area contributed by atoms with Crippen molar-refractivity contribution in [3.8, 4) is 0 Å². The highest BCUT2D eigenvalue weighted by Crippen LogP contribution is 2.22. The molecule has 1 saturated carbocycles. The number of carbonyl (C=O) groups excluding carboxylic acids is 2. The van der Waals surface area contributed by atoms with Gasteiger partial charge in [-0.25, -0.2) is 0 Å². The van der Waals surface area contributed by atoms with E-state index < -0.39 is 6.04 Å². The van der Waals surface area contributed by atoms with Crippen molar-refractivity contribution >= 4 is 23.4 Å². The molecule has 2 amide bonds. The molecule has 0 radical (unpaired) electrons. The molecule has 166 valence electrons. The van der Waals surface area contributed by atoms with Gasteiger partial charge in [0, 0.05) is 24.0 Å². The Bertz CT molecular complexity index is 892. The van der Waals surface area contributed by atoms with Crippen LogP contribution in [0, 0.1) is 6.92 Å². The fourth-order valence-corrected chi connectivity index (χ4v) is 4.57. The van der Waals surface area contributed by atoms with E-state index in [1.165, 1.54) is 0 Å². The van der Waals surface area contributed by atoms with Crippen LogP contribution in [0.5, 0.6) is 0 Å². The van der Waals surface area contributed by atoms with Crippen molar-refractivity contribution in [2.75, 3.05) is 0 Å². The molecule has 5 heteroatoms. The number of halogens is 1. The highest BCUT2D eigenvalue weighted by molar-refractivity contribution is 6.31. The number of hydrogen-bond donors (Lipinski definition) is 1.